The molecule has 1 aromatic carbocycles. The Balaban J connectivity index is 1.36. The molecule has 10 heteroatoms. The molecule has 0 saturated carbocycles. The van der Waals surface area contributed by atoms with Crippen LogP contribution in [-0.2, 0) is 0 Å². The number of phenolic OH excluding ortho intramolecular Hbond substituents is 1. The zero-order valence-corrected chi connectivity index (χ0v) is 20.9. The molecular weight excluding hydrogens is 470 g/mol. The second-order valence-corrected chi connectivity index (χ2v) is 10.8. The predicted molar refractivity (Wildman–Crippen MR) is 133 cm³/mol. The first-order valence-corrected chi connectivity index (χ1v) is 12.7. The van der Waals surface area contributed by atoms with E-state index < -0.39 is 17.5 Å². The number of fused-ring (bicyclic) bond motifs is 2. The standard InChI is InChI=1S/C25H28F2N6OS/c1-24-7-8-25(2,32-24)21(27)18(11-24)33(3)20-13-28-22(31-30-20)16-6-5-14(10-19(16)34)15-9-17(26)23(35-4)29-12-15/h5-6,9-10,12-13,18,21,32,34H,7-8,11H2,1-4H3/t18-,21-,24-,25+/m1/s1. The topological polar surface area (TPSA) is 87.1 Å². The van der Waals surface area contributed by atoms with Crippen LogP contribution in [0.1, 0.15) is 33.1 Å². The number of halogens is 2. The minimum Gasteiger partial charge on any atom is -0.507 e. The highest BCUT2D eigenvalue weighted by Gasteiger charge is 2.56. The molecule has 7 nitrogen and oxygen atoms in total. The van der Waals surface area contributed by atoms with E-state index in [-0.39, 0.29) is 23.2 Å². The Morgan fingerprint density at radius 1 is 1.11 bits per heavy atom. The van der Waals surface area contributed by atoms with Crippen molar-refractivity contribution >= 4 is 17.6 Å². The van der Waals surface area contributed by atoms with Crippen molar-refractivity contribution in [3.8, 4) is 28.3 Å². The van der Waals surface area contributed by atoms with Crippen LogP contribution >= 0.6 is 11.8 Å². The molecule has 0 radical (unpaired) electrons. The number of nitrogens with zero attached hydrogens (tertiary/aromatic N) is 5. The van der Waals surface area contributed by atoms with Crippen molar-refractivity contribution in [2.45, 2.75) is 61.4 Å². The lowest BCUT2D eigenvalue weighted by molar-refractivity contribution is 0.0859. The lowest BCUT2D eigenvalue weighted by atomic mass is 9.82. The summed E-state index contributed by atoms with van der Waals surface area (Å²) >= 11 is 1.23. The fraction of sp³-hybridized carbons (Fsp3) is 0.440. The Labute approximate surface area is 207 Å². The van der Waals surface area contributed by atoms with Crippen LogP contribution in [0.2, 0.25) is 0 Å². The van der Waals surface area contributed by atoms with E-state index in [1.165, 1.54) is 23.9 Å². The van der Waals surface area contributed by atoms with Crippen molar-refractivity contribution in [1.82, 2.24) is 25.5 Å². The van der Waals surface area contributed by atoms with Crippen molar-refractivity contribution in [1.29, 1.82) is 0 Å². The number of hydrogen-bond acceptors (Lipinski definition) is 8. The molecule has 4 heterocycles. The summed E-state index contributed by atoms with van der Waals surface area (Å²) in [6.45, 7) is 4.09. The third kappa shape index (κ3) is 4.23. The quantitative estimate of drug-likeness (QED) is 0.493. The number of hydrogen-bond donors (Lipinski definition) is 2. The zero-order valence-electron chi connectivity index (χ0n) is 20.1. The molecule has 35 heavy (non-hydrogen) atoms. The first kappa shape index (κ1) is 23.9. The number of nitrogens with one attached hydrogen (secondary N) is 1. The van der Waals surface area contributed by atoms with Gasteiger partial charge in [0.1, 0.15) is 16.9 Å². The lowest BCUT2D eigenvalue weighted by Gasteiger charge is -2.47. The molecule has 0 unspecified atom stereocenters. The average molecular weight is 499 g/mol. The zero-order chi connectivity index (χ0) is 25.0. The van der Waals surface area contributed by atoms with E-state index in [0.717, 1.165) is 12.8 Å². The molecule has 2 aromatic heterocycles. The molecule has 2 saturated heterocycles. The summed E-state index contributed by atoms with van der Waals surface area (Å²) in [5.41, 5.74) is 0.920. The monoisotopic (exact) mass is 498 g/mol. The van der Waals surface area contributed by atoms with Crippen molar-refractivity contribution in [3.05, 3.63) is 42.5 Å². The maximum absolute atomic E-state index is 15.4. The highest BCUT2D eigenvalue weighted by atomic mass is 32.2. The van der Waals surface area contributed by atoms with Crippen LogP contribution in [0.3, 0.4) is 0 Å². The Bertz CT molecular complexity index is 1260. The molecule has 0 spiro atoms. The molecule has 2 N–H and O–H groups in total. The number of anilines is 1. The van der Waals surface area contributed by atoms with Crippen LogP contribution in [-0.4, -0.2) is 61.9 Å². The van der Waals surface area contributed by atoms with Gasteiger partial charge >= 0.3 is 0 Å². The number of alkyl halides is 1. The van der Waals surface area contributed by atoms with Gasteiger partial charge in [-0.3, -0.25) is 0 Å². The van der Waals surface area contributed by atoms with Crippen molar-refractivity contribution in [2.24, 2.45) is 0 Å². The second kappa shape index (κ2) is 8.67. The summed E-state index contributed by atoms with van der Waals surface area (Å²) < 4.78 is 29.6. The summed E-state index contributed by atoms with van der Waals surface area (Å²) in [4.78, 5) is 10.3. The summed E-state index contributed by atoms with van der Waals surface area (Å²) in [5.74, 6) is 0.251. The van der Waals surface area contributed by atoms with Crippen molar-refractivity contribution in [3.63, 3.8) is 0 Å². The van der Waals surface area contributed by atoms with Gasteiger partial charge in [0.25, 0.3) is 0 Å². The van der Waals surface area contributed by atoms with E-state index in [1.54, 1.807) is 30.8 Å². The van der Waals surface area contributed by atoms with Crippen LogP contribution in [0.4, 0.5) is 14.6 Å². The fourth-order valence-corrected chi connectivity index (χ4v) is 5.80. The minimum absolute atomic E-state index is 0.0562. The average Bonchev–Trinajstić information content (AvgIpc) is 3.12. The largest absolute Gasteiger partial charge is 0.507 e. The summed E-state index contributed by atoms with van der Waals surface area (Å²) in [6.07, 6.45) is 6.24. The Kier molecular flexibility index (Phi) is 5.91. The summed E-state index contributed by atoms with van der Waals surface area (Å²) in [6, 6.07) is 5.98. The van der Waals surface area contributed by atoms with Gasteiger partial charge in [0.15, 0.2) is 17.5 Å². The van der Waals surface area contributed by atoms with E-state index in [2.05, 4.69) is 32.4 Å². The van der Waals surface area contributed by atoms with Crippen LogP contribution in [0.25, 0.3) is 22.5 Å². The van der Waals surface area contributed by atoms with Crippen molar-refractivity contribution < 1.29 is 13.9 Å². The number of aromatic hydroxyl groups is 1. The number of aromatic nitrogens is 4. The van der Waals surface area contributed by atoms with Gasteiger partial charge in [-0.2, -0.15) is 0 Å². The minimum atomic E-state index is -1.05. The summed E-state index contributed by atoms with van der Waals surface area (Å²) in [5, 5.41) is 22.9. The second-order valence-electron chi connectivity index (χ2n) is 9.97. The third-order valence-corrected chi connectivity index (χ3v) is 8.06. The highest BCUT2D eigenvalue weighted by molar-refractivity contribution is 7.98. The number of pyridine rings is 1. The molecule has 5 rings (SSSR count). The lowest BCUT2D eigenvalue weighted by Crippen LogP contribution is -2.65. The van der Waals surface area contributed by atoms with Gasteiger partial charge in [0, 0.05) is 29.9 Å². The first-order valence-electron chi connectivity index (χ1n) is 11.5. The molecule has 0 aliphatic carbocycles. The maximum Gasteiger partial charge on any atom is 0.185 e. The highest BCUT2D eigenvalue weighted by Crippen LogP contribution is 2.45. The van der Waals surface area contributed by atoms with Gasteiger partial charge in [-0.25, -0.2) is 18.7 Å². The molecule has 4 atom stereocenters. The molecule has 2 fully saturated rings. The number of rotatable bonds is 5. The van der Waals surface area contributed by atoms with Crippen molar-refractivity contribution in [2.75, 3.05) is 18.2 Å². The van der Waals surface area contributed by atoms with E-state index in [9.17, 15) is 9.50 Å². The maximum atomic E-state index is 15.4. The van der Waals surface area contributed by atoms with Gasteiger partial charge in [-0.05, 0) is 63.1 Å². The normalized spacial score (nSPS) is 27.7. The Morgan fingerprint density at radius 2 is 1.91 bits per heavy atom. The molecule has 2 aliphatic rings. The van der Waals surface area contributed by atoms with E-state index in [1.807, 2.05) is 18.9 Å². The number of phenols is 1. The molecule has 0 amide bonds. The van der Waals surface area contributed by atoms with Gasteiger partial charge in [0.05, 0.1) is 17.8 Å². The van der Waals surface area contributed by atoms with Gasteiger partial charge in [0.2, 0.25) is 0 Å². The molecule has 2 bridgehead atoms. The molecular formula is C25H28F2N6OS. The molecule has 2 aliphatic heterocycles. The van der Waals surface area contributed by atoms with E-state index in [4.69, 9.17) is 0 Å². The molecule has 184 valence electrons. The Hall–Kier alpha value is -2.85. The number of thioether (sulfide) groups is 1. The van der Waals surface area contributed by atoms with E-state index >= 15 is 4.39 Å². The number of piperidine rings is 1. The fourth-order valence-electron chi connectivity index (χ4n) is 5.39. The summed E-state index contributed by atoms with van der Waals surface area (Å²) in [7, 11) is 1.82. The van der Waals surface area contributed by atoms with Gasteiger partial charge in [-0.1, -0.05) is 6.07 Å². The van der Waals surface area contributed by atoms with Crippen LogP contribution in [0.5, 0.6) is 5.75 Å². The predicted octanol–water partition coefficient (Wildman–Crippen LogP) is 4.61. The number of benzene rings is 1. The van der Waals surface area contributed by atoms with Crippen LogP contribution < -0.4 is 10.2 Å². The van der Waals surface area contributed by atoms with Gasteiger partial charge < -0.3 is 15.3 Å². The Morgan fingerprint density at radius 3 is 2.57 bits per heavy atom. The third-order valence-electron chi connectivity index (χ3n) is 7.37. The van der Waals surface area contributed by atoms with Crippen LogP contribution in [0, 0.1) is 5.82 Å². The SMILES string of the molecule is CSc1ncc(-c2ccc(-c3ncc(N(C)[C@@H]4C[C@@]5(C)CC[C@](C)(N5)[C@@H]4F)nn3)c(O)c2)cc1F. The smallest absolute Gasteiger partial charge is 0.185 e. The molecule has 3 aromatic rings. The first-order chi connectivity index (χ1) is 16.6. The van der Waals surface area contributed by atoms with Crippen LogP contribution in [0.15, 0.2) is 41.7 Å². The van der Waals surface area contributed by atoms with E-state index in [0.29, 0.717) is 34.0 Å². The van der Waals surface area contributed by atoms with Gasteiger partial charge in [-0.15, -0.1) is 22.0 Å².